The predicted molar refractivity (Wildman–Crippen MR) is 90.2 cm³/mol. The zero-order valence-electron chi connectivity index (χ0n) is 12.5. The smallest absolute Gasteiger partial charge is 0.261 e. The molecule has 0 spiro atoms. The average molecular weight is 369 g/mol. The summed E-state index contributed by atoms with van der Waals surface area (Å²) in [6, 6.07) is 9.58. The highest BCUT2D eigenvalue weighted by atomic mass is 35.5. The standard InChI is InChI=1S/C16H14ClFN2O3S/c17-11-3-8-15(14(18)10-11)19-24(22,23)13-6-4-12(5-7-13)20-9-1-2-16(20)21/h3-8,10,19H,1-2,9H2. The molecule has 0 aromatic heterocycles. The summed E-state index contributed by atoms with van der Waals surface area (Å²) >= 11 is 5.65. The third-order valence-corrected chi connectivity index (χ3v) is 5.32. The number of hydrogen-bond donors (Lipinski definition) is 1. The van der Waals surface area contributed by atoms with Gasteiger partial charge in [0, 0.05) is 23.7 Å². The van der Waals surface area contributed by atoms with E-state index < -0.39 is 15.8 Å². The number of anilines is 2. The highest BCUT2D eigenvalue weighted by molar-refractivity contribution is 7.92. The number of halogens is 2. The van der Waals surface area contributed by atoms with Crippen LogP contribution in [0.3, 0.4) is 0 Å². The van der Waals surface area contributed by atoms with Crippen molar-refractivity contribution in [3.05, 3.63) is 53.3 Å². The molecule has 1 amide bonds. The first kappa shape index (κ1) is 16.7. The molecule has 0 unspecified atom stereocenters. The maximum Gasteiger partial charge on any atom is 0.261 e. The second-order valence-electron chi connectivity index (χ2n) is 5.37. The molecule has 8 heteroatoms. The van der Waals surface area contributed by atoms with Gasteiger partial charge in [-0.1, -0.05) is 11.6 Å². The van der Waals surface area contributed by atoms with Crippen molar-refractivity contribution in [1.29, 1.82) is 0 Å². The van der Waals surface area contributed by atoms with Crippen LogP contribution in [0.5, 0.6) is 0 Å². The summed E-state index contributed by atoms with van der Waals surface area (Å²) in [5, 5.41) is 0.176. The fourth-order valence-corrected chi connectivity index (χ4v) is 3.73. The van der Waals surface area contributed by atoms with E-state index in [1.165, 1.54) is 24.3 Å². The molecule has 1 fully saturated rings. The third kappa shape index (κ3) is 3.37. The summed E-state index contributed by atoms with van der Waals surface area (Å²) in [6.07, 6.45) is 1.29. The fourth-order valence-electron chi connectivity index (χ4n) is 2.50. The van der Waals surface area contributed by atoms with Crippen molar-refractivity contribution in [1.82, 2.24) is 0 Å². The van der Waals surface area contributed by atoms with Crippen LogP contribution >= 0.6 is 11.6 Å². The van der Waals surface area contributed by atoms with Crippen molar-refractivity contribution >= 4 is 38.9 Å². The summed E-state index contributed by atoms with van der Waals surface area (Å²) in [6.45, 7) is 0.624. The lowest BCUT2D eigenvalue weighted by atomic mass is 10.3. The second kappa shape index (κ2) is 6.41. The molecule has 1 N–H and O–H groups in total. The van der Waals surface area contributed by atoms with Crippen molar-refractivity contribution in [2.45, 2.75) is 17.7 Å². The predicted octanol–water partition coefficient (Wildman–Crippen LogP) is 3.41. The lowest BCUT2D eigenvalue weighted by Gasteiger charge is -2.16. The van der Waals surface area contributed by atoms with E-state index in [4.69, 9.17) is 11.6 Å². The van der Waals surface area contributed by atoms with E-state index in [-0.39, 0.29) is 21.5 Å². The number of sulfonamides is 1. The summed E-state index contributed by atoms with van der Waals surface area (Å²) in [7, 11) is -3.94. The lowest BCUT2D eigenvalue weighted by molar-refractivity contribution is -0.117. The van der Waals surface area contributed by atoms with Crippen LogP contribution in [0.2, 0.25) is 5.02 Å². The van der Waals surface area contributed by atoms with E-state index >= 15 is 0 Å². The van der Waals surface area contributed by atoms with Gasteiger partial charge in [0.25, 0.3) is 10.0 Å². The Kier molecular flexibility index (Phi) is 4.47. The van der Waals surface area contributed by atoms with E-state index in [0.717, 1.165) is 12.5 Å². The minimum Gasteiger partial charge on any atom is -0.312 e. The number of carbonyl (C=O) groups is 1. The van der Waals surface area contributed by atoms with Gasteiger partial charge in [-0.3, -0.25) is 9.52 Å². The molecule has 1 heterocycles. The van der Waals surface area contributed by atoms with E-state index in [9.17, 15) is 17.6 Å². The Labute approximate surface area is 144 Å². The number of amides is 1. The fraction of sp³-hybridized carbons (Fsp3) is 0.188. The quantitative estimate of drug-likeness (QED) is 0.899. The molecule has 2 aromatic rings. The van der Waals surface area contributed by atoms with Gasteiger partial charge in [-0.15, -0.1) is 0 Å². The molecule has 1 aliphatic heterocycles. The van der Waals surface area contributed by atoms with Crippen molar-refractivity contribution in [3.8, 4) is 0 Å². The maximum absolute atomic E-state index is 13.8. The Hall–Kier alpha value is -2.12. The summed E-state index contributed by atoms with van der Waals surface area (Å²) in [5.74, 6) is -0.739. The highest BCUT2D eigenvalue weighted by Crippen LogP contribution is 2.25. The maximum atomic E-state index is 13.8. The Morgan fingerprint density at radius 2 is 1.83 bits per heavy atom. The van der Waals surface area contributed by atoms with Crippen LogP contribution in [0.15, 0.2) is 47.4 Å². The molecular formula is C16H14ClFN2O3S. The zero-order valence-corrected chi connectivity index (χ0v) is 14.1. The lowest BCUT2D eigenvalue weighted by Crippen LogP contribution is -2.23. The molecule has 2 aromatic carbocycles. The van der Waals surface area contributed by atoms with E-state index in [2.05, 4.69) is 4.72 Å². The second-order valence-corrected chi connectivity index (χ2v) is 7.49. The number of rotatable bonds is 4. The van der Waals surface area contributed by atoms with Crippen LogP contribution < -0.4 is 9.62 Å². The van der Waals surface area contributed by atoms with Gasteiger partial charge in [0.2, 0.25) is 5.91 Å². The number of hydrogen-bond acceptors (Lipinski definition) is 3. The number of benzene rings is 2. The first-order valence-corrected chi connectivity index (χ1v) is 9.11. The van der Waals surface area contributed by atoms with Gasteiger partial charge in [0.1, 0.15) is 5.82 Å². The molecule has 5 nitrogen and oxygen atoms in total. The van der Waals surface area contributed by atoms with Crippen LogP contribution in [-0.2, 0) is 14.8 Å². The molecule has 0 atom stereocenters. The molecule has 0 bridgehead atoms. The zero-order chi connectivity index (χ0) is 17.3. The number of nitrogens with zero attached hydrogens (tertiary/aromatic N) is 1. The summed E-state index contributed by atoms with van der Waals surface area (Å²) in [5.41, 5.74) is 0.465. The molecule has 1 aliphatic rings. The molecule has 126 valence electrons. The number of carbonyl (C=O) groups excluding carboxylic acids is 1. The summed E-state index contributed by atoms with van der Waals surface area (Å²) in [4.78, 5) is 13.3. The van der Waals surface area contributed by atoms with Crippen LogP contribution in [0.4, 0.5) is 15.8 Å². The van der Waals surface area contributed by atoms with Crippen molar-refractivity contribution in [2.24, 2.45) is 0 Å². The summed E-state index contributed by atoms with van der Waals surface area (Å²) < 4.78 is 40.6. The van der Waals surface area contributed by atoms with Crippen LogP contribution in [-0.4, -0.2) is 20.9 Å². The first-order valence-electron chi connectivity index (χ1n) is 7.25. The Bertz CT molecular complexity index is 885. The largest absolute Gasteiger partial charge is 0.312 e. The minimum absolute atomic E-state index is 0.0203. The third-order valence-electron chi connectivity index (χ3n) is 3.71. The van der Waals surface area contributed by atoms with Crippen molar-refractivity contribution in [3.63, 3.8) is 0 Å². The SMILES string of the molecule is O=C1CCCN1c1ccc(S(=O)(=O)Nc2ccc(Cl)cc2F)cc1. The average Bonchev–Trinajstić information content (AvgIpc) is 2.96. The van der Waals surface area contributed by atoms with Gasteiger partial charge in [-0.25, -0.2) is 12.8 Å². The molecule has 0 saturated carbocycles. The van der Waals surface area contributed by atoms with Crippen LogP contribution in [0.25, 0.3) is 0 Å². The minimum atomic E-state index is -3.94. The molecular weight excluding hydrogens is 355 g/mol. The van der Waals surface area contributed by atoms with Crippen molar-refractivity contribution < 1.29 is 17.6 Å². The molecule has 0 aliphatic carbocycles. The van der Waals surface area contributed by atoms with E-state index in [1.807, 2.05) is 0 Å². The molecule has 0 radical (unpaired) electrons. The van der Waals surface area contributed by atoms with Gasteiger partial charge in [0.05, 0.1) is 10.6 Å². The van der Waals surface area contributed by atoms with Gasteiger partial charge < -0.3 is 4.90 Å². The van der Waals surface area contributed by atoms with E-state index in [0.29, 0.717) is 18.7 Å². The van der Waals surface area contributed by atoms with Crippen LogP contribution in [0, 0.1) is 5.82 Å². The van der Waals surface area contributed by atoms with Crippen molar-refractivity contribution in [2.75, 3.05) is 16.2 Å². The molecule has 1 saturated heterocycles. The van der Waals surface area contributed by atoms with Gasteiger partial charge in [-0.05, 0) is 48.9 Å². The Morgan fingerprint density at radius 1 is 1.12 bits per heavy atom. The first-order chi connectivity index (χ1) is 11.4. The molecule has 3 rings (SSSR count). The monoisotopic (exact) mass is 368 g/mol. The molecule has 24 heavy (non-hydrogen) atoms. The normalized spacial score (nSPS) is 14.9. The Balaban J connectivity index is 1.83. The topological polar surface area (TPSA) is 66.5 Å². The highest BCUT2D eigenvalue weighted by Gasteiger charge is 2.22. The number of nitrogens with one attached hydrogen (secondary N) is 1. The van der Waals surface area contributed by atoms with Gasteiger partial charge >= 0.3 is 0 Å². The van der Waals surface area contributed by atoms with E-state index in [1.54, 1.807) is 17.0 Å². The van der Waals surface area contributed by atoms with Gasteiger partial charge in [-0.2, -0.15) is 0 Å². The van der Waals surface area contributed by atoms with Gasteiger partial charge in [0.15, 0.2) is 0 Å². The Morgan fingerprint density at radius 3 is 2.42 bits per heavy atom. The van der Waals surface area contributed by atoms with Crippen LogP contribution in [0.1, 0.15) is 12.8 Å².